The summed E-state index contributed by atoms with van der Waals surface area (Å²) in [6, 6.07) is 2.37. The Balaban J connectivity index is 1.81. The van der Waals surface area contributed by atoms with E-state index in [2.05, 4.69) is 20.9 Å². The quantitative estimate of drug-likeness (QED) is 0.464. The van der Waals surface area contributed by atoms with Gasteiger partial charge in [-0.3, -0.25) is 9.59 Å². The third-order valence-corrected chi connectivity index (χ3v) is 3.85. The maximum atomic E-state index is 12.1. The number of anilines is 1. The van der Waals surface area contributed by atoms with Crippen LogP contribution in [0.2, 0.25) is 0 Å². The van der Waals surface area contributed by atoms with Gasteiger partial charge in [0.1, 0.15) is 11.9 Å². The molecule has 8 nitrogen and oxygen atoms in total. The highest BCUT2D eigenvalue weighted by atomic mass is 16.3. The zero-order chi connectivity index (χ0) is 17.0. The van der Waals surface area contributed by atoms with E-state index in [0.717, 1.165) is 11.3 Å². The second-order valence-corrected chi connectivity index (χ2v) is 5.78. The van der Waals surface area contributed by atoms with Crippen LogP contribution in [0.5, 0.6) is 0 Å². The lowest BCUT2D eigenvalue weighted by Gasteiger charge is -2.17. The summed E-state index contributed by atoms with van der Waals surface area (Å²) in [4.78, 5) is 28.2. The first-order chi connectivity index (χ1) is 10.9. The van der Waals surface area contributed by atoms with E-state index in [9.17, 15) is 14.7 Å². The molecule has 23 heavy (non-hydrogen) atoms. The van der Waals surface area contributed by atoms with E-state index in [4.69, 9.17) is 5.73 Å². The first kappa shape index (κ1) is 17.2. The SMILES string of the molecule is Cc1nc(N)ccc1CNC(=O)[C@H](C)NC(=O)[C@H]1C[C@@H](O)CN1. The van der Waals surface area contributed by atoms with E-state index >= 15 is 0 Å². The summed E-state index contributed by atoms with van der Waals surface area (Å²) in [5, 5.41) is 17.7. The molecular formula is C15H23N5O3. The molecule has 1 saturated heterocycles. The van der Waals surface area contributed by atoms with Crippen LogP contribution < -0.4 is 21.7 Å². The molecule has 126 valence electrons. The summed E-state index contributed by atoms with van der Waals surface area (Å²) >= 11 is 0. The molecule has 0 spiro atoms. The van der Waals surface area contributed by atoms with Crippen molar-refractivity contribution in [3.05, 3.63) is 23.4 Å². The molecule has 0 bridgehead atoms. The number of nitrogens with one attached hydrogen (secondary N) is 3. The second-order valence-electron chi connectivity index (χ2n) is 5.78. The molecule has 1 fully saturated rings. The van der Waals surface area contributed by atoms with Crippen LogP contribution in [0.4, 0.5) is 5.82 Å². The van der Waals surface area contributed by atoms with Gasteiger partial charge in [-0.1, -0.05) is 6.07 Å². The van der Waals surface area contributed by atoms with Gasteiger partial charge in [0, 0.05) is 18.8 Å². The molecular weight excluding hydrogens is 298 g/mol. The van der Waals surface area contributed by atoms with Crippen molar-refractivity contribution >= 4 is 17.6 Å². The van der Waals surface area contributed by atoms with Crippen molar-refractivity contribution in [1.29, 1.82) is 0 Å². The van der Waals surface area contributed by atoms with Gasteiger partial charge in [-0.25, -0.2) is 4.98 Å². The number of aromatic nitrogens is 1. The zero-order valence-corrected chi connectivity index (χ0v) is 13.3. The normalized spacial score (nSPS) is 21.7. The summed E-state index contributed by atoms with van der Waals surface area (Å²) in [7, 11) is 0. The van der Waals surface area contributed by atoms with Crippen molar-refractivity contribution in [3.63, 3.8) is 0 Å². The van der Waals surface area contributed by atoms with Gasteiger partial charge in [0.05, 0.1) is 12.1 Å². The van der Waals surface area contributed by atoms with E-state index in [-0.39, 0.29) is 11.8 Å². The first-order valence-corrected chi connectivity index (χ1v) is 7.58. The van der Waals surface area contributed by atoms with Gasteiger partial charge in [-0.05, 0) is 31.9 Å². The van der Waals surface area contributed by atoms with E-state index in [1.807, 2.05) is 13.0 Å². The Labute approximate surface area is 134 Å². The maximum Gasteiger partial charge on any atom is 0.242 e. The van der Waals surface area contributed by atoms with E-state index in [1.54, 1.807) is 13.0 Å². The van der Waals surface area contributed by atoms with Crippen LogP contribution in [0.3, 0.4) is 0 Å². The minimum atomic E-state index is -0.663. The number of hydrogen-bond acceptors (Lipinski definition) is 6. The van der Waals surface area contributed by atoms with Crippen LogP contribution in [0.15, 0.2) is 12.1 Å². The molecule has 2 heterocycles. The molecule has 6 N–H and O–H groups in total. The topological polar surface area (TPSA) is 129 Å². The predicted octanol–water partition coefficient (Wildman–Crippen LogP) is -1.18. The molecule has 1 aromatic heterocycles. The number of aliphatic hydroxyl groups excluding tert-OH is 1. The second kappa shape index (κ2) is 7.38. The number of amides is 2. The average Bonchev–Trinajstić information content (AvgIpc) is 2.92. The van der Waals surface area contributed by atoms with Gasteiger partial charge in [0.25, 0.3) is 0 Å². The minimum absolute atomic E-state index is 0.283. The van der Waals surface area contributed by atoms with Crippen LogP contribution in [0.1, 0.15) is 24.6 Å². The minimum Gasteiger partial charge on any atom is -0.392 e. The third-order valence-electron chi connectivity index (χ3n) is 3.85. The van der Waals surface area contributed by atoms with Crippen molar-refractivity contribution in [2.24, 2.45) is 0 Å². The number of aliphatic hydroxyl groups is 1. The summed E-state index contributed by atoms with van der Waals surface area (Å²) in [5.74, 6) is -0.132. The van der Waals surface area contributed by atoms with Gasteiger partial charge in [-0.15, -0.1) is 0 Å². The van der Waals surface area contributed by atoms with Gasteiger partial charge < -0.3 is 26.8 Å². The number of carbonyl (C=O) groups excluding carboxylic acids is 2. The summed E-state index contributed by atoms with van der Waals surface area (Å²) in [5.41, 5.74) is 7.21. The van der Waals surface area contributed by atoms with E-state index in [0.29, 0.717) is 25.3 Å². The molecule has 3 atom stereocenters. The average molecular weight is 321 g/mol. The molecule has 1 aliphatic heterocycles. The lowest BCUT2D eigenvalue weighted by molar-refractivity contribution is -0.129. The predicted molar refractivity (Wildman–Crippen MR) is 85.3 cm³/mol. The fourth-order valence-corrected chi connectivity index (χ4v) is 2.43. The number of carbonyl (C=O) groups is 2. The molecule has 0 aromatic carbocycles. The summed E-state index contributed by atoms with van der Waals surface area (Å²) in [6.07, 6.45) is -0.160. The van der Waals surface area contributed by atoms with E-state index < -0.39 is 18.2 Å². The Morgan fingerprint density at radius 3 is 2.87 bits per heavy atom. The zero-order valence-electron chi connectivity index (χ0n) is 13.3. The summed E-state index contributed by atoms with van der Waals surface area (Å²) < 4.78 is 0. The van der Waals surface area contributed by atoms with Gasteiger partial charge >= 0.3 is 0 Å². The smallest absolute Gasteiger partial charge is 0.242 e. The molecule has 0 aliphatic carbocycles. The fourth-order valence-electron chi connectivity index (χ4n) is 2.43. The highest BCUT2D eigenvalue weighted by Gasteiger charge is 2.29. The van der Waals surface area contributed by atoms with Crippen molar-refractivity contribution in [2.75, 3.05) is 12.3 Å². The highest BCUT2D eigenvalue weighted by molar-refractivity contribution is 5.89. The van der Waals surface area contributed by atoms with E-state index in [1.165, 1.54) is 0 Å². The molecule has 2 rings (SSSR count). The van der Waals surface area contributed by atoms with Crippen molar-refractivity contribution < 1.29 is 14.7 Å². The third kappa shape index (κ3) is 4.64. The number of nitrogen functional groups attached to an aromatic ring is 1. The van der Waals surface area contributed by atoms with Crippen LogP contribution in [-0.2, 0) is 16.1 Å². The fraction of sp³-hybridized carbons (Fsp3) is 0.533. The maximum absolute atomic E-state index is 12.1. The van der Waals surface area contributed by atoms with Crippen molar-refractivity contribution in [2.45, 2.75) is 45.0 Å². The van der Waals surface area contributed by atoms with Crippen molar-refractivity contribution in [3.8, 4) is 0 Å². The molecule has 8 heteroatoms. The Bertz CT molecular complexity index is 592. The molecule has 0 unspecified atom stereocenters. The first-order valence-electron chi connectivity index (χ1n) is 7.58. The highest BCUT2D eigenvalue weighted by Crippen LogP contribution is 2.08. The number of aryl methyl sites for hydroxylation is 1. The van der Waals surface area contributed by atoms with Crippen LogP contribution in [-0.4, -0.2) is 46.6 Å². The van der Waals surface area contributed by atoms with Crippen LogP contribution in [0.25, 0.3) is 0 Å². The van der Waals surface area contributed by atoms with Crippen LogP contribution in [0, 0.1) is 6.92 Å². The number of nitrogens with zero attached hydrogens (tertiary/aromatic N) is 1. The summed E-state index contributed by atoms with van der Waals surface area (Å²) in [6.45, 7) is 4.15. The number of hydrogen-bond donors (Lipinski definition) is 5. The molecule has 2 amide bonds. The monoisotopic (exact) mass is 321 g/mol. The number of pyridine rings is 1. The number of nitrogens with two attached hydrogens (primary N) is 1. The Kier molecular flexibility index (Phi) is 5.51. The molecule has 0 saturated carbocycles. The number of β-amino-alcohol motifs (C(OH)–C–C–N with tert-alkyl or cyclic N) is 1. The largest absolute Gasteiger partial charge is 0.392 e. The molecule has 1 aromatic rings. The van der Waals surface area contributed by atoms with Gasteiger partial charge in [-0.2, -0.15) is 0 Å². The molecule has 1 aliphatic rings. The Morgan fingerprint density at radius 2 is 2.26 bits per heavy atom. The lowest BCUT2D eigenvalue weighted by Crippen LogP contribution is -2.50. The lowest BCUT2D eigenvalue weighted by atomic mass is 10.1. The number of rotatable bonds is 5. The van der Waals surface area contributed by atoms with Gasteiger partial charge in [0.2, 0.25) is 11.8 Å². The van der Waals surface area contributed by atoms with Crippen LogP contribution >= 0.6 is 0 Å². The van der Waals surface area contributed by atoms with Gasteiger partial charge in [0.15, 0.2) is 0 Å². The standard InChI is InChI=1S/C15H23N5O3/c1-8-10(3-4-13(16)19-8)6-18-14(22)9(2)20-15(23)12-5-11(21)7-17-12/h3-4,9,11-12,17,21H,5-7H2,1-2H3,(H2,16,19)(H,18,22)(H,20,23)/t9-,11+,12+/m0/s1. The Hall–Kier alpha value is -2.19. The Morgan fingerprint density at radius 1 is 1.52 bits per heavy atom. The van der Waals surface area contributed by atoms with Crippen molar-refractivity contribution in [1.82, 2.24) is 20.9 Å². The molecule has 0 radical (unpaired) electrons.